The zero-order chi connectivity index (χ0) is 18.3. The van der Waals surface area contributed by atoms with Crippen LogP contribution in [0.3, 0.4) is 0 Å². The molecule has 1 unspecified atom stereocenters. The number of carbonyl (C=O) groups is 3. The molecule has 1 saturated carbocycles. The number of amides is 2. The maximum atomic E-state index is 12.6. The lowest BCUT2D eigenvalue weighted by atomic mass is 10.1. The number of rotatable bonds is 6. The Morgan fingerprint density at radius 1 is 1.36 bits per heavy atom. The molecule has 2 amide bonds. The second kappa shape index (κ2) is 6.19. The Morgan fingerprint density at radius 2 is 2.04 bits per heavy atom. The van der Waals surface area contributed by atoms with Gasteiger partial charge in [-0.3, -0.25) is 15.0 Å². The summed E-state index contributed by atoms with van der Waals surface area (Å²) in [5, 5.41) is 20.0. The van der Waals surface area contributed by atoms with Gasteiger partial charge in [-0.05, 0) is 24.3 Å². The van der Waals surface area contributed by atoms with Crippen molar-refractivity contribution in [3.05, 3.63) is 29.8 Å². The van der Waals surface area contributed by atoms with E-state index in [1.807, 2.05) is 6.92 Å². The van der Waals surface area contributed by atoms with Crippen molar-refractivity contribution in [1.82, 2.24) is 4.90 Å². The van der Waals surface area contributed by atoms with E-state index in [1.165, 1.54) is 4.90 Å². The summed E-state index contributed by atoms with van der Waals surface area (Å²) in [6.45, 7) is 1.91. The lowest BCUT2D eigenvalue weighted by Gasteiger charge is -2.26. The van der Waals surface area contributed by atoms with Gasteiger partial charge in [0.15, 0.2) is 0 Å². The van der Waals surface area contributed by atoms with Gasteiger partial charge in [-0.15, -0.1) is 0 Å². The van der Waals surface area contributed by atoms with Crippen molar-refractivity contribution in [2.75, 3.05) is 11.9 Å². The number of nitrogens with zero attached hydrogens (tertiary/aromatic N) is 1. The Labute approximate surface area is 144 Å². The number of likely N-dealkylation sites (tertiary alicyclic amines) is 1. The summed E-state index contributed by atoms with van der Waals surface area (Å²) in [5.74, 6) is -1.55. The summed E-state index contributed by atoms with van der Waals surface area (Å²) in [5.41, 5.74) is 5.54. The molecule has 1 aliphatic carbocycles. The average Bonchev–Trinajstić information content (AvgIpc) is 3.03. The first-order valence-corrected chi connectivity index (χ1v) is 8.08. The van der Waals surface area contributed by atoms with Crippen molar-refractivity contribution in [2.24, 2.45) is 17.6 Å². The van der Waals surface area contributed by atoms with Gasteiger partial charge >= 0.3 is 5.97 Å². The first-order valence-electron chi connectivity index (χ1n) is 8.08. The summed E-state index contributed by atoms with van der Waals surface area (Å²) in [7, 11) is 0. The number of para-hydroxylation sites is 1. The van der Waals surface area contributed by atoms with Gasteiger partial charge in [-0.1, -0.05) is 25.1 Å². The van der Waals surface area contributed by atoms with Crippen LogP contribution < -0.4 is 11.1 Å². The van der Waals surface area contributed by atoms with E-state index in [2.05, 4.69) is 5.32 Å². The highest BCUT2D eigenvalue weighted by molar-refractivity contribution is 6.44. The highest BCUT2D eigenvalue weighted by Crippen LogP contribution is 2.53. The fraction of sp³-hybridized carbons (Fsp3) is 0.412. The number of carbonyl (C=O) groups excluding carboxylic acids is 2. The van der Waals surface area contributed by atoms with Gasteiger partial charge < -0.3 is 21.1 Å². The van der Waals surface area contributed by atoms with Crippen molar-refractivity contribution in [3.63, 3.8) is 0 Å². The van der Waals surface area contributed by atoms with Gasteiger partial charge in [0.1, 0.15) is 11.8 Å². The molecule has 8 nitrogen and oxygen atoms in total. The van der Waals surface area contributed by atoms with Crippen molar-refractivity contribution < 1.29 is 19.5 Å². The van der Waals surface area contributed by atoms with Crippen LogP contribution in [0.2, 0.25) is 0 Å². The molecule has 0 radical (unpaired) electrons. The molecule has 1 aromatic rings. The van der Waals surface area contributed by atoms with Gasteiger partial charge in [0.05, 0.1) is 6.54 Å². The van der Waals surface area contributed by atoms with E-state index in [0.29, 0.717) is 23.6 Å². The third kappa shape index (κ3) is 2.95. The molecule has 0 bridgehead atoms. The van der Waals surface area contributed by atoms with Gasteiger partial charge in [-0.25, -0.2) is 4.79 Å². The number of anilines is 1. The second-order valence-corrected chi connectivity index (χ2v) is 6.54. The van der Waals surface area contributed by atoms with E-state index < -0.39 is 17.9 Å². The minimum absolute atomic E-state index is 0.00504. The fourth-order valence-electron chi connectivity index (χ4n) is 3.73. The maximum Gasteiger partial charge on any atom is 0.326 e. The predicted molar refractivity (Wildman–Crippen MR) is 90.3 cm³/mol. The van der Waals surface area contributed by atoms with Gasteiger partial charge in [0.25, 0.3) is 5.91 Å². The van der Waals surface area contributed by atoms with Crippen LogP contribution in [-0.4, -0.2) is 52.1 Å². The van der Waals surface area contributed by atoms with E-state index in [4.69, 9.17) is 11.1 Å². The Bertz CT molecular complexity index is 763. The normalized spacial score (nSPS) is 26.7. The van der Waals surface area contributed by atoms with Crippen molar-refractivity contribution >= 4 is 29.2 Å². The van der Waals surface area contributed by atoms with E-state index in [0.717, 1.165) is 0 Å². The summed E-state index contributed by atoms with van der Waals surface area (Å²) < 4.78 is 0. The lowest BCUT2D eigenvalue weighted by Crippen LogP contribution is -2.46. The molecule has 1 heterocycles. The molecular formula is C17H20N4O4. The zero-order valence-electron chi connectivity index (χ0n) is 13.7. The first kappa shape index (κ1) is 16.9. The number of piperidine rings is 1. The van der Waals surface area contributed by atoms with E-state index in [9.17, 15) is 19.5 Å². The number of fused-ring (bicyclic) bond motifs is 1. The van der Waals surface area contributed by atoms with Gasteiger partial charge in [-0.2, -0.15) is 0 Å². The predicted octanol–water partition coefficient (Wildman–Crippen LogP) is 0.272. The smallest absolute Gasteiger partial charge is 0.326 e. The van der Waals surface area contributed by atoms with Crippen LogP contribution in [0.1, 0.15) is 18.9 Å². The monoisotopic (exact) mass is 344 g/mol. The Kier molecular flexibility index (Phi) is 4.20. The molecule has 132 valence electrons. The van der Waals surface area contributed by atoms with E-state index in [1.54, 1.807) is 24.3 Å². The highest BCUT2D eigenvalue weighted by Gasteiger charge is 2.61. The number of carboxylic acids is 1. The fourth-order valence-corrected chi connectivity index (χ4v) is 3.73. The van der Waals surface area contributed by atoms with Gasteiger partial charge in [0, 0.05) is 17.3 Å². The molecule has 8 heteroatoms. The summed E-state index contributed by atoms with van der Waals surface area (Å²) in [6.07, 6.45) is 0.496. The third-order valence-electron chi connectivity index (χ3n) is 5.11. The minimum Gasteiger partial charge on any atom is -0.480 e. The molecule has 1 aliphatic heterocycles. The SMILES string of the molecule is CC1[C@@H]2[C@H]1C[C@@H](C(=O)O)N2C(=O)CNc1ccccc1C(=N)C(N)=O. The molecule has 0 spiro atoms. The van der Waals surface area contributed by atoms with Crippen LogP contribution in [0, 0.1) is 17.2 Å². The number of benzene rings is 1. The standard InChI is InChI=1S/C17H20N4O4/c1-8-10-6-12(17(24)25)21(15(8)10)13(22)7-20-11-5-3-2-4-9(11)14(18)16(19)23/h2-5,8,10,12,15,18,20H,6-7H2,1H3,(H2,19,23)(H,24,25)/t8?,10-,12-,15+/m0/s1. The number of primary amides is 1. The van der Waals surface area contributed by atoms with E-state index >= 15 is 0 Å². The number of nitrogens with two attached hydrogens (primary N) is 1. The maximum absolute atomic E-state index is 12.6. The van der Waals surface area contributed by atoms with Crippen molar-refractivity contribution in [1.29, 1.82) is 5.41 Å². The molecule has 4 atom stereocenters. The molecule has 2 aliphatic rings. The average molecular weight is 344 g/mol. The van der Waals surface area contributed by atoms with Crippen LogP contribution in [0.4, 0.5) is 5.69 Å². The van der Waals surface area contributed by atoms with Crippen molar-refractivity contribution in [3.8, 4) is 0 Å². The Morgan fingerprint density at radius 3 is 2.68 bits per heavy atom. The summed E-state index contributed by atoms with van der Waals surface area (Å²) >= 11 is 0. The lowest BCUT2D eigenvalue weighted by molar-refractivity contribution is -0.149. The van der Waals surface area contributed by atoms with Gasteiger partial charge in [0.2, 0.25) is 5.91 Å². The van der Waals surface area contributed by atoms with Crippen LogP contribution >= 0.6 is 0 Å². The summed E-state index contributed by atoms with van der Waals surface area (Å²) in [6, 6.07) is 5.79. The highest BCUT2D eigenvalue weighted by atomic mass is 16.4. The summed E-state index contributed by atoms with van der Waals surface area (Å²) in [4.78, 5) is 36.7. The molecule has 1 saturated heterocycles. The van der Waals surface area contributed by atoms with Crippen molar-refractivity contribution in [2.45, 2.75) is 25.4 Å². The Balaban J connectivity index is 1.72. The molecule has 5 N–H and O–H groups in total. The third-order valence-corrected chi connectivity index (χ3v) is 5.11. The molecular weight excluding hydrogens is 324 g/mol. The topological polar surface area (TPSA) is 137 Å². The molecule has 2 fully saturated rings. The van der Waals surface area contributed by atoms with Crippen LogP contribution in [-0.2, 0) is 14.4 Å². The molecule has 1 aromatic carbocycles. The molecule has 25 heavy (non-hydrogen) atoms. The first-order chi connectivity index (χ1) is 11.8. The zero-order valence-corrected chi connectivity index (χ0v) is 13.7. The largest absolute Gasteiger partial charge is 0.480 e. The van der Waals surface area contributed by atoms with E-state index in [-0.39, 0.29) is 30.1 Å². The van der Waals surface area contributed by atoms with Crippen LogP contribution in [0.5, 0.6) is 0 Å². The minimum atomic E-state index is -0.983. The molecule has 0 aromatic heterocycles. The molecule has 3 rings (SSSR count). The number of nitrogens with one attached hydrogen (secondary N) is 2. The Hall–Kier alpha value is -2.90. The number of hydrogen-bond donors (Lipinski definition) is 4. The van der Waals surface area contributed by atoms with Crippen LogP contribution in [0.25, 0.3) is 0 Å². The second-order valence-electron chi connectivity index (χ2n) is 6.54. The number of hydrogen-bond acceptors (Lipinski definition) is 5. The number of aliphatic carboxylic acids is 1. The quantitative estimate of drug-likeness (QED) is 0.549. The van der Waals surface area contributed by atoms with Crippen LogP contribution in [0.15, 0.2) is 24.3 Å². The number of carboxylic acid groups (broad SMARTS) is 1.